The van der Waals surface area contributed by atoms with Crippen LogP contribution in [-0.2, 0) is 4.74 Å². The summed E-state index contributed by atoms with van der Waals surface area (Å²) in [6.45, 7) is 3.25. The second-order valence-corrected chi connectivity index (χ2v) is 5.64. The lowest BCUT2D eigenvalue weighted by molar-refractivity contribution is 0.0376. The molecule has 0 heterocycles. The van der Waals surface area contributed by atoms with Gasteiger partial charge < -0.3 is 14.6 Å². The van der Waals surface area contributed by atoms with Crippen LogP contribution < -0.4 is 4.74 Å². The maximum absolute atomic E-state index is 10.7. The van der Waals surface area contributed by atoms with Gasteiger partial charge in [0.1, 0.15) is 12.4 Å². The van der Waals surface area contributed by atoms with Gasteiger partial charge in [-0.2, -0.15) is 0 Å². The van der Waals surface area contributed by atoms with Crippen molar-refractivity contribution in [3.63, 3.8) is 0 Å². The quantitative estimate of drug-likeness (QED) is 0.801. The third-order valence-electron chi connectivity index (χ3n) is 4.16. The first-order valence-electron chi connectivity index (χ1n) is 7.06. The minimum atomic E-state index is -0.450. The largest absolute Gasteiger partial charge is 0.491 e. The van der Waals surface area contributed by atoms with Crippen LogP contribution >= 0.6 is 0 Å². The molecular formula is C16H24O3. The number of hydrogen-bond donors (Lipinski definition) is 1. The lowest BCUT2D eigenvalue weighted by atomic mass is 9.79. The average molecular weight is 264 g/mol. The van der Waals surface area contributed by atoms with Gasteiger partial charge in [-0.25, -0.2) is 0 Å². The predicted octanol–water partition coefficient (Wildman–Crippen LogP) is 3.33. The summed E-state index contributed by atoms with van der Waals surface area (Å²) >= 11 is 0. The lowest BCUT2D eigenvalue weighted by Crippen LogP contribution is -2.22. The van der Waals surface area contributed by atoms with Gasteiger partial charge in [-0.05, 0) is 24.3 Å². The van der Waals surface area contributed by atoms with Crippen LogP contribution in [0.3, 0.4) is 0 Å². The number of rotatable bonds is 6. The molecule has 2 rings (SSSR count). The van der Waals surface area contributed by atoms with E-state index in [1.54, 1.807) is 7.11 Å². The zero-order valence-electron chi connectivity index (χ0n) is 11.9. The van der Waals surface area contributed by atoms with Gasteiger partial charge in [-0.1, -0.05) is 38.0 Å². The molecule has 1 aliphatic carbocycles. The molecular weight excluding hydrogens is 240 g/mol. The van der Waals surface area contributed by atoms with Gasteiger partial charge >= 0.3 is 0 Å². The summed E-state index contributed by atoms with van der Waals surface area (Å²) < 4.78 is 10.7. The molecule has 1 aromatic rings. The zero-order chi connectivity index (χ0) is 13.7. The Bertz CT molecular complexity index is 397. The first kappa shape index (κ1) is 14.4. The zero-order valence-corrected chi connectivity index (χ0v) is 11.9. The Hall–Kier alpha value is -1.06. The fourth-order valence-electron chi connectivity index (χ4n) is 2.90. The molecule has 1 atom stereocenters. The minimum Gasteiger partial charge on any atom is -0.491 e. The monoisotopic (exact) mass is 264 g/mol. The molecule has 1 aromatic carbocycles. The van der Waals surface area contributed by atoms with Gasteiger partial charge in [0.15, 0.2) is 0 Å². The van der Waals surface area contributed by atoms with Crippen molar-refractivity contribution < 1.29 is 14.6 Å². The summed E-state index contributed by atoms with van der Waals surface area (Å²) in [5.74, 6) is 0.778. The summed E-state index contributed by atoms with van der Waals surface area (Å²) in [5.41, 5.74) is 0.892. The highest BCUT2D eigenvalue weighted by Gasteiger charge is 2.37. The van der Waals surface area contributed by atoms with Crippen LogP contribution in [0.4, 0.5) is 0 Å². The first-order valence-corrected chi connectivity index (χ1v) is 7.06. The number of para-hydroxylation sites is 1. The molecule has 1 unspecified atom stereocenters. The molecule has 0 radical (unpaired) electrons. The molecule has 19 heavy (non-hydrogen) atoms. The smallest absolute Gasteiger partial charge is 0.125 e. The molecule has 0 saturated heterocycles. The Balaban J connectivity index is 2.14. The fourth-order valence-corrected chi connectivity index (χ4v) is 2.90. The number of hydrogen-bond acceptors (Lipinski definition) is 3. The average Bonchev–Trinajstić information content (AvgIpc) is 2.87. The maximum atomic E-state index is 10.7. The Labute approximate surface area is 115 Å². The van der Waals surface area contributed by atoms with Crippen LogP contribution in [0, 0.1) is 5.41 Å². The maximum Gasteiger partial charge on any atom is 0.125 e. The van der Waals surface area contributed by atoms with Gasteiger partial charge in [-0.3, -0.25) is 0 Å². The molecule has 1 fully saturated rings. The van der Waals surface area contributed by atoms with Crippen molar-refractivity contribution in [3.05, 3.63) is 29.8 Å². The summed E-state index contributed by atoms with van der Waals surface area (Å²) in [7, 11) is 1.66. The number of benzene rings is 1. The molecule has 0 aliphatic heterocycles. The van der Waals surface area contributed by atoms with Crippen molar-refractivity contribution >= 4 is 0 Å². The number of aliphatic hydroxyl groups is 1. The van der Waals surface area contributed by atoms with E-state index in [1.165, 1.54) is 12.8 Å². The highest BCUT2D eigenvalue weighted by molar-refractivity contribution is 5.36. The van der Waals surface area contributed by atoms with Gasteiger partial charge in [-0.15, -0.1) is 0 Å². The van der Waals surface area contributed by atoms with E-state index in [9.17, 15) is 5.11 Å². The SMILES string of the molecule is COCCOc1ccccc1C(O)C1(C)CCCC1. The van der Waals surface area contributed by atoms with Crippen LogP contribution in [0.25, 0.3) is 0 Å². The van der Waals surface area contributed by atoms with E-state index in [0.29, 0.717) is 13.2 Å². The molecule has 3 heteroatoms. The second-order valence-electron chi connectivity index (χ2n) is 5.64. The van der Waals surface area contributed by atoms with Crippen molar-refractivity contribution in [2.75, 3.05) is 20.3 Å². The molecule has 3 nitrogen and oxygen atoms in total. The molecule has 1 N–H and O–H groups in total. The third kappa shape index (κ3) is 3.28. The Morgan fingerprint density at radius 3 is 2.58 bits per heavy atom. The molecule has 0 spiro atoms. The number of ether oxygens (including phenoxy) is 2. The highest BCUT2D eigenvalue weighted by atomic mass is 16.5. The lowest BCUT2D eigenvalue weighted by Gasteiger charge is -2.31. The van der Waals surface area contributed by atoms with Gasteiger partial charge in [0.2, 0.25) is 0 Å². The Morgan fingerprint density at radius 2 is 1.89 bits per heavy atom. The van der Waals surface area contributed by atoms with Gasteiger partial charge in [0, 0.05) is 12.7 Å². The van der Waals surface area contributed by atoms with Crippen molar-refractivity contribution in [1.82, 2.24) is 0 Å². The molecule has 1 saturated carbocycles. The van der Waals surface area contributed by atoms with Crippen molar-refractivity contribution in [3.8, 4) is 5.75 Å². The Kier molecular flexibility index (Phi) is 4.83. The minimum absolute atomic E-state index is 0.0132. The number of aliphatic hydroxyl groups excluding tert-OH is 1. The third-order valence-corrected chi connectivity index (χ3v) is 4.16. The summed E-state index contributed by atoms with van der Waals surface area (Å²) in [6, 6.07) is 7.79. The van der Waals surface area contributed by atoms with Crippen molar-refractivity contribution in [2.45, 2.75) is 38.7 Å². The van der Waals surface area contributed by atoms with Crippen LogP contribution in [0.15, 0.2) is 24.3 Å². The van der Waals surface area contributed by atoms with E-state index < -0.39 is 6.10 Å². The normalized spacial score (nSPS) is 19.3. The summed E-state index contributed by atoms with van der Waals surface area (Å²) in [4.78, 5) is 0. The topological polar surface area (TPSA) is 38.7 Å². The second kappa shape index (κ2) is 6.40. The fraction of sp³-hybridized carbons (Fsp3) is 0.625. The first-order chi connectivity index (χ1) is 9.17. The van der Waals surface area contributed by atoms with E-state index >= 15 is 0 Å². The van der Waals surface area contributed by atoms with E-state index in [1.807, 2.05) is 24.3 Å². The summed E-state index contributed by atoms with van der Waals surface area (Å²) in [5, 5.41) is 10.7. The van der Waals surface area contributed by atoms with E-state index in [-0.39, 0.29) is 5.41 Å². The Morgan fingerprint density at radius 1 is 1.21 bits per heavy atom. The molecule has 1 aliphatic rings. The standard InChI is InChI=1S/C16H24O3/c1-16(9-5-6-10-16)15(17)13-7-3-4-8-14(13)19-12-11-18-2/h3-4,7-8,15,17H,5-6,9-12H2,1-2H3. The van der Waals surface area contributed by atoms with Gasteiger partial charge in [0.05, 0.1) is 12.7 Å². The van der Waals surface area contributed by atoms with Gasteiger partial charge in [0.25, 0.3) is 0 Å². The predicted molar refractivity (Wildman–Crippen MR) is 75.3 cm³/mol. The number of methoxy groups -OCH3 is 1. The van der Waals surface area contributed by atoms with E-state index in [4.69, 9.17) is 9.47 Å². The molecule has 0 amide bonds. The van der Waals surface area contributed by atoms with Crippen LogP contribution in [0.1, 0.15) is 44.3 Å². The van der Waals surface area contributed by atoms with Crippen LogP contribution in [-0.4, -0.2) is 25.4 Å². The molecule has 0 aromatic heterocycles. The highest BCUT2D eigenvalue weighted by Crippen LogP contribution is 2.48. The molecule has 106 valence electrons. The molecule has 0 bridgehead atoms. The van der Waals surface area contributed by atoms with Crippen LogP contribution in [0.5, 0.6) is 5.75 Å². The summed E-state index contributed by atoms with van der Waals surface area (Å²) in [6.07, 6.45) is 4.13. The van der Waals surface area contributed by atoms with E-state index in [0.717, 1.165) is 24.2 Å². The van der Waals surface area contributed by atoms with Crippen molar-refractivity contribution in [2.24, 2.45) is 5.41 Å². The van der Waals surface area contributed by atoms with E-state index in [2.05, 4.69) is 6.92 Å². The van der Waals surface area contributed by atoms with Crippen LogP contribution in [0.2, 0.25) is 0 Å². The van der Waals surface area contributed by atoms with Crippen molar-refractivity contribution in [1.29, 1.82) is 0 Å².